The van der Waals surface area contributed by atoms with E-state index in [1.807, 2.05) is 31.2 Å². The maximum Gasteiger partial charge on any atom is 0.268 e. The van der Waals surface area contributed by atoms with Gasteiger partial charge in [-0.1, -0.05) is 29.8 Å². The van der Waals surface area contributed by atoms with Gasteiger partial charge in [-0.15, -0.1) is 0 Å². The summed E-state index contributed by atoms with van der Waals surface area (Å²) in [5, 5.41) is 19.5. The number of hydrogen-bond acceptors (Lipinski definition) is 8. The summed E-state index contributed by atoms with van der Waals surface area (Å²) < 4.78 is 32.7. The Morgan fingerprint density at radius 3 is 2.67 bits per heavy atom. The van der Waals surface area contributed by atoms with Gasteiger partial charge >= 0.3 is 0 Å². The molecule has 5 rings (SSSR count). The molecular formula is C32H35FN4O5. The van der Waals surface area contributed by atoms with E-state index < -0.39 is 18.0 Å². The number of ether oxygens (including phenoxy) is 3. The lowest BCUT2D eigenvalue weighted by Crippen LogP contribution is -2.39. The van der Waals surface area contributed by atoms with Gasteiger partial charge in [0.1, 0.15) is 5.75 Å². The Bertz CT molecular complexity index is 1540. The number of nitrogens with one attached hydrogen (secondary N) is 3. The number of piperidine rings is 1. The van der Waals surface area contributed by atoms with E-state index in [-0.39, 0.29) is 11.4 Å². The fraction of sp³-hybridized carbons (Fsp3) is 0.312. The fourth-order valence-electron chi connectivity index (χ4n) is 4.87. The minimum Gasteiger partial charge on any atom is -0.493 e. The predicted octanol–water partition coefficient (Wildman–Crippen LogP) is 4.91. The number of carbonyl (C=O) groups is 1. The molecule has 2 heterocycles. The van der Waals surface area contributed by atoms with E-state index in [9.17, 15) is 9.90 Å². The van der Waals surface area contributed by atoms with Gasteiger partial charge in [0, 0.05) is 35.9 Å². The van der Waals surface area contributed by atoms with Crippen molar-refractivity contribution in [1.29, 1.82) is 0 Å². The molecule has 1 aliphatic heterocycles. The number of benzene rings is 3. The molecule has 0 bridgehead atoms. The molecular weight excluding hydrogens is 539 g/mol. The molecule has 1 amide bonds. The lowest BCUT2D eigenvalue weighted by molar-refractivity contribution is -0.125. The molecule has 1 aliphatic rings. The molecule has 1 aromatic heterocycles. The molecule has 10 heteroatoms. The van der Waals surface area contributed by atoms with E-state index in [4.69, 9.17) is 14.2 Å². The Morgan fingerprint density at radius 1 is 1.07 bits per heavy atom. The smallest absolute Gasteiger partial charge is 0.268 e. The van der Waals surface area contributed by atoms with Gasteiger partial charge in [-0.05, 0) is 68.6 Å². The van der Waals surface area contributed by atoms with Gasteiger partial charge < -0.3 is 30.0 Å². The van der Waals surface area contributed by atoms with Gasteiger partial charge in [0.15, 0.2) is 29.3 Å². The quantitative estimate of drug-likeness (QED) is 0.187. The number of halogens is 1. The van der Waals surface area contributed by atoms with Crippen LogP contribution in [0.4, 0.5) is 10.1 Å². The van der Waals surface area contributed by atoms with Crippen LogP contribution in [0.3, 0.4) is 0 Å². The van der Waals surface area contributed by atoms with Gasteiger partial charge in [0.05, 0.1) is 19.2 Å². The van der Waals surface area contributed by atoms with Crippen LogP contribution in [0, 0.1) is 18.7 Å². The highest BCUT2D eigenvalue weighted by Gasteiger charge is 2.18. The zero-order chi connectivity index (χ0) is 29.5. The van der Waals surface area contributed by atoms with Gasteiger partial charge in [0.2, 0.25) is 0 Å². The number of anilines is 1. The van der Waals surface area contributed by atoms with Crippen LogP contribution in [0.5, 0.6) is 23.0 Å². The predicted molar refractivity (Wildman–Crippen MR) is 159 cm³/mol. The number of nitrogens with zero attached hydrogens (tertiary/aromatic N) is 1. The van der Waals surface area contributed by atoms with E-state index in [0.717, 1.165) is 43.1 Å². The summed E-state index contributed by atoms with van der Waals surface area (Å²) in [6.07, 6.45) is 2.23. The minimum absolute atomic E-state index is 0.0381. The molecule has 9 nitrogen and oxygen atoms in total. The van der Waals surface area contributed by atoms with Gasteiger partial charge in [0.25, 0.3) is 5.91 Å². The van der Waals surface area contributed by atoms with E-state index in [2.05, 4.69) is 20.9 Å². The van der Waals surface area contributed by atoms with Crippen LogP contribution in [-0.2, 0) is 11.3 Å². The van der Waals surface area contributed by atoms with Crippen LogP contribution in [0.1, 0.15) is 24.0 Å². The third-order valence-corrected chi connectivity index (χ3v) is 7.17. The first-order chi connectivity index (χ1) is 20.4. The third-order valence-electron chi connectivity index (χ3n) is 7.17. The Morgan fingerprint density at radius 2 is 1.90 bits per heavy atom. The van der Waals surface area contributed by atoms with Crippen LogP contribution >= 0.6 is 0 Å². The highest BCUT2D eigenvalue weighted by atomic mass is 19.1. The number of aryl methyl sites for hydroxylation is 1. The maximum absolute atomic E-state index is 15.1. The fourth-order valence-corrected chi connectivity index (χ4v) is 4.87. The molecule has 1 fully saturated rings. The second-order valence-electron chi connectivity index (χ2n) is 10.3. The number of aliphatic hydroxyl groups excluding tert-OH is 1. The van der Waals surface area contributed by atoms with E-state index in [1.165, 1.54) is 12.1 Å². The SMILES string of the molecule is COc1cc2c(Oc3ccc(NC(=O)C(O)NCc4cccc(C)c4)cc3F)ccnc2cc1OCC1CCNCC1. The van der Waals surface area contributed by atoms with E-state index >= 15 is 4.39 Å². The molecule has 1 atom stereocenters. The molecule has 42 heavy (non-hydrogen) atoms. The Hall–Kier alpha value is -4.25. The van der Waals surface area contributed by atoms with E-state index in [0.29, 0.717) is 47.2 Å². The minimum atomic E-state index is -1.48. The van der Waals surface area contributed by atoms with Crippen LogP contribution in [0.15, 0.2) is 66.9 Å². The summed E-state index contributed by atoms with van der Waals surface area (Å²) in [5.74, 6) is 0.550. The number of amides is 1. The van der Waals surface area contributed by atoms with Crippen molar-refractivity contribution in [3.05, 3.63) is 83.8 Å². The number of fused-ring (bicyclic) bond motifs is 1. The maximum atomic E-state index is 15.1. The first-order valence-corrected chi connectivity index (χ1v) is 13.9. The zero-order valence-corrected chi connectivity index (χ0v) is 23.7. The average molecular weight is 575 g/mol. The molecule has 1 unspecified atom stereocenters. The first-order valence-electron chi connectivity index (χ1n) is 13.9. The summed E-state index contributed by atoms with van der Waals surface area (Å²) >= 11 is 0. The number of aromatic nitrogens is 1. The van der Waals surface area contributed by atoms with Crippen LogP contribution < -0.4 is 30.2 Å². The monoisotopic (exact) mass is 574 g/mol. The van der Waals surface area contributed by atoms with Crippen molar-refractivity contribution >= 4 is 22.5 Å². The second-order valence-corrected chi connectivity index (χ2v) is 10.3. The number of rotatable bonds is 11. The molecule has 220 valence electrons. The third kappa shape index (κ3) is 7.33. The van der Waals surface area contributed by atoms with Crippen molar-refractivity contribution in [2.45, 2.75) is 32.5 Å². The topological polar surface area (TPSA) is 114 Å². The number of pyridine rings is 1. The lowest BCUT2D eigenvalue weighted by atomic mass is 9.99. The molecule has 4 N–H and O–H groups in total. The van der Waals surface area contributed by atoms with Crippen molar-refractivity contribution < 1.29 is 28.5 Å². The highest BCUT2D eigenvalue weighted by molar-refractivity contribution is 5.93. The largest absolute Gasteiger partial charge is 0.493 e. The molecule has 3 aromatic carbocycles. The number of hydrogen-bond donors (Lipinski definition) is 4. The van der Waals surface area contributed by atoms with Crippen molar-refractivity contribution in [2.24, 2.45) is 5.92 Å². The summed E-state index contributed by atoms with van der Waals surface area (Å²) in [6, 6.07) is 17.0. The summed E-state index contributed by atoms with van der Waals surface area (Å²) in [6.45, 7) is 4.83. The van der Waals surface area contributed by atoms with Crippen molar-refractivity contribution in [3.8, 4) is 23.0 Å². The normalized spacial score (nSPS) is 14.4. The zero-order valence-electron chi connectivity index (χ0n) is 23.7. The standard InChI is InChI=1S/C32H35FN4O5/c1-20-4-3-5-22(14-20)18-36-31(38)32(39)37-23-6-7-28(25(33)15-23)42-27-10-13-35-26-17-30(29(40-2)16-24(26)27)41-19-21-8-11-34-12-9-21/h3-7,10,13-17,21,31,34,36,38H,8-9,11-12,18-19H2,1-2H3,(H,37,39). The highest BCUT2D eigenvalue weighted by Crippen LogP contribution is 2.38. The average Bonchev–Trinajstić information content (AvgIpc) is 3.00. The Kier molecular flexibility index (Phi) is 9.48. The van der Waals surface area contributed by atoms with Gasteiger partial charge in [-0.3, -0.25) is 15.1 Å². The van der Waals surface area contributed by atoms with Crippen molar-refractivity contribution in [2.75, 3.05) is 32.1 Å². The summed E-state index contributed by atoms with van der Waals surface area (Å²) in [7, 11) is 1.57. The molecule has 1 saturated heterocycles. The Labute approximate surface area is 244 Å². The second kappa shape index (κ2) is 13.6. The van der Waals surface area contributed by atoms with Crippen molar-refractivity contribution in [1.82, 2.24) is 15.6 Å². The number of aliphatic hydroxyl groups is 1. The molecule has 0 spiro atoms. The van der Waals surface area contributed by atoms with Gasteiger partial charge in [-0.25, -0.2) is 4.39 Å². The van der Waals surface area contributed by atoms with Crippen LogP contribution in [-0.4, -0.2) is 49.0 Å². The molecule has 0 saturated carbocycles. The van der Waals surface area contributed by atoms with Crippen LogP contribution in [0.2, 0.25) is 0 Å². The molecule has 0 aliphatic carbocycles. The summed E-state index contributed by atoms with van der Waals surface area (Å²) in [5.41, 5.74) is 2.80. The molecule has 4 aromatic rings. The van der Waals surface area contributed by atoms with Crippen LogP contribution in [0.25, 0.3) is 10.9 Å². The summed E-state index contributed by atoms with van der Waals surface area (Å²) in [4.78, 5) is 16.9. The van der Waals surface area contributed by atoms with E-state index in [1.54, 1.807) is 31.5 Å². The first kappa shape index (κ1) is 29.2. The van der Waals surface area contributed by atoms with Gasteiger partial charge in [-0.2, -0.15) is 0 Å². The molecule has 0 radical (unpaired) electrons. The number of methoxy groups -OCH3 is 1. The lowest BCUT2D eigenvalue weighted by Gasteiger charge is -2.23. The Balaban J connectivity index is 1.24. The number of carbonyl (C=O) groups excluding carboxylic acids is 1. The van der Waals surface area contributed by atoms with Crippen molar-refractivity contribution in [3.63, 3.8) is 0 Å².